The number of aliphatic hydroxyl groups excluding tert-OH is 1. The molecule has 118 valence electrons. The van der Waals surface area contributed by atoms with Crippen LogP contribution in [0, 0.1) is 10.1 Å². The van der Waals surface area contributed by atoms with Gasteiger partial charge >= 0.3 is 0 Å². The first-order valence-electron chi connectivity index (χ1n) is 7.41. The Morgan fingerprint density at radius 1 is 1.41 bits per heavy atom. The van der Waals surface area contributed by atoms with Crippen molar-refractivity contribution in [3.8, 4) is 0 Å². The molecule has 0 bridgehead atoms. The van der Waals surface area contributed by atoms with Gasteiger partial charge in [0.2, 0.25) is 5.91 Å². The Hall–Kier alpha value is -1.99. The summed E-state index contributed by atoms with van der Waals surface area (Å²) in [5.74, 6) is 0.0261. The Morgan fingerprint density at radius 3 is 2.91 bits per heavy atom. The topological polar surface area (TPSA) is 86.9 Å². The van der Waals surface area contributed by atoms with E-state index in [9.17, 15) is 20.0 Å². The zero-order chi connectivity index (χ0) is 15.9. The number of carbonyl (C=O) groups is 1. The Balaban J connectivity index is 1.76. The minimum absolute atomic E-state index is 0.0261. The third-order valence-corrected chi connectivity index (χ3v) is 4.53. The highest BCUT2D eigenvalue weighted by Gasteiger charge is 2.43. The van der Waals surface area contributed by atoms with Crippen molar-refractivity contribution in [2.24, 2.45) is 0 Å². The summed E-state index contributed by atoms with van der Waals surface area (Å²) >= 11 is 0. The van der Waals surface area contributed by atoms with E-state index >= 15 is 0 Å². The van der Waals surface area contributed by atoms with E-state index in [1.54, 1.807) is 17.0 Å². The number of nitrogens with zero attached hydrogens (tertiary/aromatic N) is 3. The zero-order valence-corrected chi connectivity index (χ0v) is 12.4. The van der Waals surface area contributed by atoms with Gasteiger partial charge in [-0.15, -0.1) is 0 Å². The van der Waals surface area contributed by atoms with Crippen molar-refractivity contribution in [3.63, 3.8) is 0 Å². The van der Waals surface area contributed by atoms with Crippen LogP contribution in [0.4, 0.5) is 5.69 Å². The van der Waals surface area contributed by atoms with E-state index < -0.39 is 11.0 Å². The number of nitro groups is 1. The van der Waals surface area contributed by atoms with Crippen LogP contribution in [-0.4, -0.2) is 57.0 Å². The van der Waals surface area contributed by atoms with Crippen LogP contribution in [0.5, 0.6) is 0 Å². The number of carbonyl (C=O) groups excluding carboxylic acids is 1. The third-order valence-electron chi connectivity index (χ3n) is 4.53. The number of fused-ring (bicyclic) bond motifs is 1. The molecule has 1 aromatic carbocycles. The van der Waals surface area contributed by atoms with Crippen molar-refractivity contribution in [2.45, 2.75) is 38.1 Å². The van der Waals surface area contributed by atoms with Crippen LogP contribution in [0.15, 0.2) is 24.3 Å². The minimum Gasteiger partial charge on any atom is -0.391 e. The molecular formula is C15H19N3O4. The molecule has 3 rings (SSSR count). The number of piperazine rings is 1. The molecule has 2 aliphatic rings. The van der Waals surface area contributed by atoms with Gasteiger partial charge in [-0.25, -0.2) is 0 Å². The maximum Gasteiger partial charge on any atom is 0.269 e. The molecular weight excluding hydrogens is 286 g/mol. The summed E-state index contributed by atoms with van der Waals surface area (Å²) in [7, 11) is 0. The van der Waals surface area contributed by atoms with Gasteiger partial charge in [0, 0.05) is 37.8 Å². The van der Waals surface area contributed by atoms with Crippen LogP contribution in [0.2, 0.25) is 0 Å². The third kappa shape index (κ3) is 2.69. The van der Waals surface area contributed by atoms with Crippen molar-refractivity contribution >= 4 is 11.6 Å². The first-order chi connectivity index (χ1) is 10.5. The van der Waals surface area contributed by atoms with Crippen LogP contribution in [0.1, 0.15) is 18.9 Å². The van der Waals surface area contributed by atoms with E-state index in [4.69, 9.17) is 0 Å². The van der Waals surface area contributed by atoms with Gasteiger partial charge in [-0.1, -0.05) is 12.1 Å². The first kappa shape index (κ1) is 14.9. The molecule has 22 heavy (non-hydrogen) atoms. The summed E-state index contributed by atoms with van der Waals surface area (Å²) in [6.07, 6.45) is 0.156. The van der Waals surface area contributed by atoms with Gasteiger partial charge in [0.15, 0.2) is 0 Å². The van der Waals surface area contributed by atoms with E-state index in [1.165, 1.54) is 6.07 Å². The SMILES string of the molecule is C[C@H]1C(=O)N2C[C@H](O)C[C@H]2CN1Cc1cccc([N+](=O)[O-])c1. The maximum absolute atomic E-state index is 12.4. The quantitative estimate of drug-likeness (QED) is 0.658. The predicted molar refractivity (Wildman–Crippen MR) is 79.1 cm³/mol. The number of hydrogen-bond donors (Lipinski definition) is 1. The van der Waals surface area contributed by atoms with E-state index in [2.05, 4.69) is 0 Å². The monoisotopic (exact) mass is 305 g/mol. The van der Waals surface area contributed by atoms with Crippen molar-refractivity contribution in [3.05, 3.63) is 39.9 Å². The van der Waals surface area contributed by atoms with Crippen LogP contribution in [0.25, 0.3) is 0 Å². The lowest BCUT2D eigenvalue weighted by atomic mass is 10.1. The molecule has 1 N–H and O–H groups in total. The lowest BCUT2D eigenvalue weighted by Crippen LogP contribution is -2.58. The summed E-state index contributed by atoms with van der Waals surface area (Å²) in [6.45, 7) is 3.45. The van der Waals surface area contributed by atoms with Crippen LogP contribution in [-0.2, 0) is 11.3 Å². The van der Waals surface area contributed by atoms with Gasteiger partial charge in [-0.2, -0.15) is 0 Å². The van der Waals surface area contributed by atoms with Crippen LogP contribution in [0.3, 0.4) is 0 Å². The molecule has 2 aliphatic heterocycles. The number of rotatable bonds is 3. The lowest BCUT2D eigenvalue weighted by Gasteiger charge is -2.41. The molecule has 7 heteroatoms. The smallest absolute Gasteiger partial charge is 0.269 e. The fourth-order valence-electron chi connectivity index (χ4n) is 3.36. The second-order valence-electron chi connectivity index (χ2n) is 6.07. The molecule has 0 radical (unpaired) electrons. The molecule has 0 unspecified atom stereocenters. The fraction of sp³-hybridized carbons (Fsp3) is 0.533. The molecule has 7 nitrogen and oxygen atoms in total. The molecule has 2 saturated heterocycles. The molecule has 0 aliphatic carbocycles. The molecule has 2 fully saturated rings. The molecule has 2 heterocycles. The van der Waals surface area contributed by atoms with E-state index in [-0.39, 0.29) is 23.7 Å². The number of hydrogen-bond acceptors (Lipinski definition) is 5. The Kier molecular flexibility index (Phi) is 3.84. The lowest BCUT2D eigenvalue weighted by molar-refractivity contribution is -0.384. The summed E-state index contributed by atoms with van der Waals surface area (Å²) in [5, 5.41) is 20.6. The number of nitro benzene ring substituents is 1. The normalized spacial score (nSPS) is 28.7. The molecule has 0 saturated carbocycles. The summed E-state index contributed by atoms with van der Waals surface area (Å²) in [4.78, 5) is 26.6. The average Bonchev–Trinajstić information content (AvgIpc) is 2.85. The van der Waals surface area contributed by atoms with Gasteiger partial charge in [0.1, 0.15) is 0 Å². The standard InChI is InChI=1S/C15H19N3O4/c1-10-15(20)17-9-14(19)6-13(17)8-16(10)7-11-3-2-4-12(5-11)18(21)22/h2-5,10,13-14,19H,6-9H2,1H3/t10-,13-,14+/m0/s1. The van der Waals surface area contributed by atoms with Gasteiger partial charge < -0.3 is 10.0 Å². The Labute approximate surface area is 128 Å². The van der Waals surface area contributed by atoms with Crippen molar-refractivity contribution in [1.82, 2.24) is 9.80 Å². The van der Waals surface area contributed by atoms with Crippen molar-refractivity contribution < 1.29 is 14.8 Å². The predicted octanol–water partition coefficient (Wildman–Crippen LogP) is 0.761. The number of amides is 1. The first-order valence-corrected chi connectivity index (χ1v) is 7.41. The van der Waals surface area contributed by atoms with Crippen LogP contribution >= 0.6 is 0 Å². The van der Waals surface area contributed by atoms with Gasteiger partial charge in [0.25, 0.3) is 5.69 Å². The highest BCUT2D eigenvalue weighted by atomic mass is 16.6. The zero-order valence-electron chi connectivity index (χ0n) is 12.4. The molecule has 0 aromatic heterocycles. The minimum atomic E-state index is -0.445. The van der Waals surface area contributed by atoms with Crippen LogP contribution < -0.4 is 0 Å². The molecule has 1 amide bonds. The van der Waals surface area contributed by atoms with E-state index in [0.29, 0.717) is 26.1 Å². The number of benzene rings is 1. The number of aliphatic hydroxyl groups is 1. The van der Waals surface area contributed by atoms with Crippen molar-refractivity contribution in [2.75, 3.05) is 13.1 Å². The second-order valence-corrected chi connectivity index (χ2v) is 6.07. The van der Waals surface area contributed by atoms with Gasteiger partial charge in [-0.3, -0.25) is 19.8 Å². The van der Waals surface area contributed by atoms with Crippen molar-refractivity contribution in [1.29, 1.82) is 0 Å². The Bertz CT molecular complexity index is 606. The fourth-order valence-corrected chi connectivity index (χ4v) is 3.36. The largest absolute Gasteiger partial charge is 0.391 e. The van der Waals surface area contributed by atoms with Gasteiger partial charge in [-0.05, 0) is 18.9 Å². The summed E-state index contributed by atoms with van der Waals surface area (Å²) in [6, 6.07) is 6.27. The summed E-state index contributed by atoms with van der Waals surface area (Å²) in [5.41, 5.74) is 0.882. The molecule has 3 atom stereocenters. The highest BCUT2D eigenvalue weighted by Crippen LogP contribution is 2.27. The molecule has 1 aromatic rings. The second kappa shape index (κ2) is 5.66. The average molecular weight is 305 g/mol. The molecule has 0 spiro atoms. The number of non-ortho nitro benzene ring substituents is 1. The van der Waals surface area contributed by atoms with Gasteiger partial charge in [0.05, 0.1) is 17.1 Å². The Morgan fingerprint density at radius 2 is 2.18 bits per heavy atom. The van der Waals surface area contributed by atoms with E-state index in [0.717, 1.165) is 5.56 Å². The summed E-state index contributed by atoms with van der Waals surface area (Å²) < 4.78 is 0. The highest BCUT2D eigenvalue weighted by molar-refractivity contribution is 5.83. The van der Waals surface area contributed by atoms with E-state index in [1.807, 2.05) is 17.9 Å². The maximum atomic E-state index is 12.4.